The zero-order chi connectivity index (χ0) is 48.2. The number of nitrogens with one attached hydrogen (secondary N) is 1. The Kier molecular flexibility index (Phi) is 14.4. The van der Waals surface area contributed by atoms with E-state index < -0.39 is 12.1 Å². The van der Waals surface area contributed by atoms with Gasteiger partial charge in [0.25, 0.3) is 0 Å². The van der Waals surface area contributed by atoms with Crippen molar-refractivity contribution in [3.8, 4) is 11.5 Å². The first-order chi connectivity index (χ1) is 30.9. The van der Waals surface area contributed by atoms with Gasteiger partial charge in [-0.3, -0.25) is 0 Å². The molecule has 0 bridgehead atoms. The first kappa shape index (κ1) is 50.5. The molecule has 6 aliphatic rings. The van der Waals surface area contributed by atoms with Crippen LogP contribution in [-0.4, -0.2) is 30.6 Å². The summed E-state index contributed by atoms with van der Waals surface area (Å²) < 4.78 is 11.6. The second kappa shape index (κ2) is 18.9. The van der Waals surface area contributed by atoms with Crippen molar-refractivity contribution in [2.75, 3.05) is 6.54 Å². The van der Waals surface area contributed by atoms with E-state index in [2.05, 4.69) is 112 Å². The van der Waals surface area contributed by atoms with Crippen molar-refractivity contribution >= 4 is 11.9 Å². The number of benzene rings is 2. The molecule has 4 fully saturated rings. The molecule has 0 saturated heterocycles. The highest BCUT2D eigenvalue weighted by Gasteiger charge is 2.62. The molecule has 2 aromatic carbocycles. The van der Waals surface area contributed by atoms with Crippen molar-refractivity contribution in [2.24, 2.45) is 62.5 Å². The molecule has 0 amide bonds. The summed E-state index contributed by atoms with van der Waals surface area (Å²) in [6.07, 6.45) is 20.6. The van der Waals surface area contributed by atoms with Gasteiger partial charge in [-0.15, -0.1) is 0 Å². The number of hydrogen-bond acceptors (Lipinski definition) is 8. The summed E-state index contributed by atoms with van der Waals surface area (Å²) in [5.41, 5.74) is 28.2. The lowest BCUT2D eigenvalue weighted by Gasteiger charge is -2.61. The summed E-state index contributed by atoms with van der Waals surface area (Å²) in [7, 11) is 0. The van der Waals surface area contributed by atoms with Gasteiger partial charge in [0.05, 0.1) is 5.82 Å². The molecule has 4 saturated carbocycles. The Hall–Kier alpha value is -3.36. The molecule has 7 N–H and O–H groups in total. The Morgan fingerprint density at radius 1 is 0.652 bits per heavy atom. The third-order valence-electron chi connectivity index (χ3n) is 19.6. The van der Waals surface area contributed by atoms with Gasteiger partial charge in [-0.25, -0.2) is 9.59 Å². The van der Waals surface area contributed by atoms with Crippen molar-refractivity contribution in [3.05, 3.63) is 70.0 Å². The van der Waals surface area contributed by atoms with Crippen LogP contribution in [-0.2, 0) is 33.3 Å². The van der Waals surface area contributed by atoms with Gasteiger partial charge < -0.3 is 32.0 Å². The molecular formula is C58H90N4O4. The topological polar surface area (TPSA) is 143 Å². The van der Waals surface area contributed by atoms with Gasteiger partial charge in [0.1, 0.15) is 23.6 Å². The smallest absolute Gasteiger partial charge is 0.328 e. The first-order valence-electron chi connectivity index (χ1n) is 26.3. The third kappa shape index (κ3) is 9.26. The average Bonchev–Trinajstić information content (AvgIpc) is 3.71. The first-order valence-corrected chi connectivity index (χ1v) is 26.3. The molecule has 8 nitrogen and oxygen atoms in total. The quantitative estimate of drug-likeness (QED) is 0.0884. The Bertz CT molecular complexity index is 2140. The molecule has 366 valence electrons. The SMILES string of the molecule is C=C(N)NCCCC(N)C(=O)Oc1cc(C)c2c(c1)C[C@H]1[C@@]3(C)CCCC(C)(C)[C@@H]3CC[C@]21C.CCCCCC(N)C(=O)Oc1cc(C)c2c(c1)C[C@@H]1[C@@]3(C)CCCC(C)(C)[C@@H]3CC[C@@]21C. The Labute approximate surface area is 400 Å². The Morgan fingerprint density at radius 2 is 1.08 bits per heavy atom. The van der Waals surface area contributed by atoms with E-state index in [0.717, 1.165) is 50.4 Å². The predicted octanol–water partition coefficient (Wildman–Crippen LogP) is 11.9. The predicted molar refractivity (Wildman–Crippen MR) is 270 cm³/mol. The van der Waals surface area contributed by atoms with Crippen LogP contribution in [0, 0.1) is 59.2 Å². The van der Waals surface area contributed by atoms with Gasteiger partial charge in [-0.05, 0) is 211 Å². The minimum atomic E-state index is -0.648. The van der Waals surface area contributed by atoms with Crippen LogP contribution in [0.4, 0.5) is 0 Å². The van der Waals surface area contributed by atoms with Crippen LogP contribution in [0.2, 0.25) is 0 Å². The number of rotatable bonds is 13. The lowest BCUT2D eigenvalue weighted by Crippen LogP contribution is -2.55. The highest BCUT2D eigenvalue weighted by molar-refractivity contribution is 5.78. The van der Waals surface area contributed by atoms with Crippen LogP contribution < -0.4 is 32.0 Å². The van der Waals surface area contributed by atoms with E-state index >= 15 is 0 Å². The van der Waals surface area contributed by atoms with Crippen LogP contribution in [0.1, 0.15) is 198 Å². The maximum atomic E-state index is 12.7. The maximum Gasteiger partial charge on any atom is 0.328 e. The number of aryl methyl sites for hydroxylation is 2. The number of carbonyl (C=O) groups excluding carboxylic acids is 2. The molecule has 8 rings (SSSR count). The number of hydrogen-bond donors (Lipinski definition) is 4. The second-order valence-corrected chi connectivity index (χ2v) is 24.9. The highest BCUT2D eigenvalue weighted by Crippen LogP contribution is 2.69. The Morgan fingerprint density at radius 3 is 1.48 bits per heavy atom. The fourth-order valence-electron chi connectivity index (χ4n) is 16.8. The van der Waals surface area contributed by atoms with Crippen molar-refractivity contribution < 1.29 is 19.1 Å². The number of carbonyl (C=O) groups is 2. The summed E-state index contributed by atoms with van der Waals surface area (Å²) in [5, 5.41) is 2.96. The summed E-state index contributed by atoms with van der Waals surface area (Å²) in [6.45, 7) is 31.0. The summed E-state index contributed by atoms with van der Waals surface area (Å²) >= 11 is 0. The molecule has 6 aliphatic carbocycles. The van der Waals surface area contributed by atoms with E-state index in [1.807, 2.05) is 0 Å². The van der Waals surface area contributed by atoms with E-state index in [4.69, 9.17) is 26.7 Å². The van der Waals surface area contributed by atoms with Gasteiger partial charge in [0, 0.05) is 6.54 Å². The third-order valence-corrected chi connectivity index (χ3v) is 19.6. The largest absolute Gasteiger partial charge is 0.425 e. The summed E-state index contributed by atoms with van der Waals surface area (Å²) in [5.74, 6) is 3.99. The zero-order valence-corrected chi connectivity index (χ0v) is 43.3. The van der Waals surface area contributed by atoms with Crippen molar-refractivity contribution in [1.82, 2.24) is 5.32 Å². The number of unbranched alkanes of at least 4 members (excludes halogenated alkanes) is 2. The monoisotopic (exact) mass is 907 g/mol. The summed E-state index contributed by atoms with van der Waals surface area (Å²) in [6, 6.07) is 7.25. The molecule has 0 aliphatic heterocycles. The molecule has 66 heavy (non-hydrogen) atoms. The molecule has 0 spiro atoms. The van der Waals surface area contributed by atoms with Crippen molar-refractivity contribution in [1.29, 1.82) is 0 Å². The molecule has 10 atom stereocenters. The van der Waals surface area contributed by atoms with Gasteiger partial charge in [0.2, 0.25) is 0 Å². The highest BCUT2D eigenvalue weighted by atomic mass is 16.5. The maximum absolute atomic E-state index is 12.7. The van der Waals surface area contributed by atoms with Crippen LogP contribution in [0.5, 0.6) is 11.5 Å². The molecule has 0 radical (unpaired) electrons. The summed E-state index contributed by atoms with van der Waals surface area (Å²) in [4.78, 5) is 25.3. The van der Waals surface area contributed by atoms with E-state index in [-0.39, 0.29) is 22.8 Å². The second-order valence-electron chi connectivity index (χ2n) is 24.9. The Balaban J connectivity index is 0.000000197. The van der Waals surface area contributed by atoms with Crippen LogP contribution in [0.3, 0.4) is 0 Å². The number of ether oxygens (including phenoxy) is 2. The fourth-order valence-corrected chi connectivity index (χ4v) is 16.8. The van der Waals surface area contributed by atoms with E-state index in [1.54, 1.807) is 0 Å². The molecule has 2 unspecified atom stereocenters. The average molecular weight is 907 g/mol. The van der Waals surface area contributed by atoms with Crippen molar-refractivity contribution in [2.45, 2.75) is 215 Å². The van der Waals surface area contributed by atoms with Crippen LogP contribution in [0.15, 0.2) is 36.7 Å². The van der Waals surface area contributed by atoms with Gasteiger partial charge in [0.15, 0.2) is 0 Å². The fraction of sp³-hybridized carbons (Fsp3) is 0.724. The van der Waals surface area contributed by atoms with E-state index in [9.17, 15) is 9.59 Å². The normalized spacial score (nSPS) is 32.9. The standard InChI is InChI=1S/C29H45N3O2.C29H45NO2/c1-18-15-21(34-26(33)22(31)9-7-14-32-19(2)30)16-20-17-24-28(5)12-8-11-27(3,4)23(28)10-13-29(24,6)25(18)20;1-7-8-9-11-22(30)26(31)32-21-16-19(2)25-20(17-21)18-24-28(5)14-10-13-27(3,4)23(28)12-15-29(24,25)6/h15-16,22-24,32H,2,7-14,17,30-31H2,1,3-6H3;16-17,22-24H,7-15,18,30H2,1-6H3/t22?,23-,24-,28-,29-;22?,23-,24+,28-,29+/m00/s1. The number of fused-ring (bicyclic) bond motifs is 10. The van der Waals surface area contributed by atoms with E-state index in [1.165, 1.54) is 97.6 Å². The molecular weight excluding hydrogens is 817 g/mol. The van der Waals surface area contributed by atoms with Gasteiger partial charge >= 0.3 is 11.9 Å². The van der Waals surface area contributed by atoms with Crippen LogP contribution >= 0.6 is 0 Å². The number of esters is 2. The van der Waals surface area contributed by atoms with E-state index in [0.29, 0.717) is 70.2 Å². The zero-order valence-electron chi connectivity index (χ0n) is 43.3. The van der Waals surface area contributed by atoms with Gasteiger partial charge in [-0.2, -0.15) is 0 Å². The minimum absolute atomic E-state index is 0.205. The van der Waals surface area contributed by atoms with Gasteiger partial charge in [-0.1, -0.05) is 101 Å². The molecule has 0 heterocycles. The van der Waals surface area contributed by atoms with Crippen LogP contribution in [0.25, 0.3) is 0 Å². The lowest BCUT2D eigenvalue weighted by molar-refractivity contribution is -0.136. The lowest BCUT2D eigenvalue weighted by atomic mass is 9.43. The minimum Gasteiger partial charge on any atom is -0.425 e. The molecule has 8 heteroatoms. The molecule has 2 aromatic rings. The number of nitrogens with two attached hydrogens (primary N) is 3. The molecule has 0 aromatic heterocycles. The van der Waals surface area contributed by atoms with Crippen molar-refractivity contribution in [3.63, 3.8) is 0 Å².